The van der Waals surface area contributed by atoms with Gasteiger partial charge in [-0.3, -0.25) is 4.79 Å². The second-order valence-corrected chi connectivity index (χ2v) is 9.95. The molecule has 0 heterocycles. The molecule has 0 aromatic carbocycles. The highest BCUT2D eigenvalue weighted by Crippen LogP contribution is 2.45. The Morgan fingerprint density at radius 1 is 1.04 bits per heavy atom. The second kappa shape index (κ2) is 7.68. The number of ketones is 1. The van der Waals surface area contributed by atoms with Crippen LogP contribution in [0.2, 0.25) is 0 Å². The average molecular weight is 324 g/mol. The predicted octanol–water partition coefficient (Wildman–Crippen LogP) is 5.75. The van der Waals surface area contributed by atoms with Gasteiger partial charge in [-0.05, 0) is 64.2 Å². The third-order valence-electron chi connectivity index (χ3n) is 5.90. The van der Waals surface area contributed by atoms with Gasteiger partial charge in [-0.1, -0.05) is 47.5 Å². The maximum Gasteiger partial charge on any atom is 0.155 e. The SMILES string of the molecule is CCC1(CC)CCC(CC(NC(C)(C)C)C(=O)C(C)(C)C)CC1. The van der Waals surface area contributed by atoms with Crippen LogP contribution in [0.5, 0.6) is 0 Å². The molecule has 23 heavy (non-hydrogen) atoms. The Kier molecular flexibility index (Phi) is 6.90. The molecule has 0 spiro atoms. The Hall–Kier alpha value is -0.370. The van der Waals surface area contributed by atoms with Crippen LogP contribution in [0.3, 0.4) is 0 Å². The van der Waals surface area contributed by atoms with Crippen molar-refractivity contribution >= 4 is 5.78 Å². The quantitative estimate of drug-likeness (QED) is 0.674. The Bertz CT molecular complexity index is 372. The van der Waals surface area contributed by atoms with E-state index < -0.39 is 0 Å². The molecule has 136 valence electrons. The third kappa shape index (κ3) is 6.21. The normalized spacial score (nSPS) is 21.2. The molecular weight excluding hydrogens is 282 g/mol. The zero-order chi connectivity index (χ0) is 17.9. The lowest BCUT2D eigenvalue weighted by Gasteiger charge is -2.41. The number of hydrogen-bond donors (Lipinski definition) is 1. The standard InChI is InChI=1S/C21H41NO/c1-9-21(10-2)13-11-16(12-14-21)15-17(22-20(6,7)8)18(23)19(3,4)5/h16-17,22H,9-15H2,1-8H3. The van der Waals surface area contributed by atoms with Gasteiger partial charge < -0.3 is 5.32 Å². The fraction of sp³-hybridized carbons (Fsp3) is 0.952. The molecule has 2 nitrogen and oxygen atoms in total. The summed E-state index contributed by atoms with van der Waals surface area (Å²) in [5.41, 5.74) is 0.294. The number of carbonyl (C=O) groups is 1. The van der Waals surface area contributed by atoms with E-state index in [-0.39, 0.29) is 17.0 Å². The van der Waals surface area contributed by atoms with Gasteiger partial charge in [0.25, 0.3) is 0 Å². The zero-order valence-corrected chi connectivity index (χ0v) is 17.0. The van der Waals surface area contributed by atoms with Gasteiger partial charge in [0.15, 0.2) is 5.78 Å². The molecule has 1 saturated carbocycles. The molecule has 0 aromatic rings. The van der Waals surface area contributed by atoms with Crippen molar-refractivity contribution < 1.29 is 4.79 Å². The maximum atomic E-state index is 12.9. The van der Waals surface area contributed by atoms with Crippen molar-refractivity contribution in [3.05, 3.63) is 0 Å². The Balaban J connectivity index is 2.74. The first kappa shape index (κ1) is 20.7. The number of carbonyl (C=O) groups excluding carboxylic acids is 1. The highest BCUT2D eigenvalue weighted by atomic mass is 16.1. The molecule has 0 radical (unpaired) electrons. The van der Waals surface area contributed by atoms with Crippen LogP contribution in [0, 0.1) is 16.7 Å². The molecule has 1 N–H and O–H groups in total. The molecule has 1 aliphatic carbocycles. The summed E-state index contributed by atoms with van der Waals surface area (Å²) in [6.45, 7) is 17.3. The highest BCUT2D eigenvalue weighted by Gasteiger charge is 2.37. The van der Waals surface area contributed by atoms with Gasteiger partial charge in [-0.2, -0.15) is 0 Å². The third-order valence-corrected chi connectivity index (χ3v) is 5.90. The van der Waals surface area contributed by atoms with Crippen LogP contribution in [0.25, 0.3) is 0 Å². The van der Waals surface area contributed by atoms with Gasteiger partial charge in [0, 0.05) is 11.0 Å². The monoisotopic (exact) mass is 323 g/mol. The summed E-state index contributed by atoms with van der Waals surface area (Å²) >= 11 is 0. The molecule has 0 amide bonds. The van der Waals surface area contributed by atoms with Crippen molar-refractivity contribution in [2.45, 2.75) is 112 Å². The van der Waals surface area contributed by atoms with Crippen LogP contribution in [0.1, 0.15) is 100 Å². The molecule has 1 fully saturated rings. The summed E-state index contributed by atoms with van der Waals surface area (Å²) in [6.07, 6.45) is 8.90. The van der Waals surface area contributed by atoms with Gasteiger partial charge in [-0.25, -0.2) is 0 Å². The summed E-state index contributed by atoms with van der Waals surface area (Å²) in [4.78, 5) is 12.9. The predicted molar refractivity (Wildman–Crippen MR) is 101 cm³/mol. The van der Waals surface area contributed by atoms with Crippen LogP contribution in [0.15, 0.2) is 0 Å². The van der Waals surface area contributed by atoms with Gasteiger partial charge >= 0.3 is 0 Å². The molecular formula is C21H41NO. The minimum atomic E-state index is -0.270. The number of Topliss-reactive ketones (excluding diaryl/α,β-unsaturated/α-hetero) is 1. The van der Waals surface area contributed by atoms with Crippen molar-refractivity contribution in [3.8, 4) is 0 Å². The van der Waals surface area contributed by atoms with Crippen molar-refractivity contribution in [1.29, 1.82) is 0 Å². The average Bonchev–Trinajstić information content (AvgIpc) is 2.44. The van der Waals surface area contributed by atoms with Crippen LogP contribution in [0.4, 0.5) is 0 Å². The zero-order valence-electron chi connectivity index (χ0n) is 17.0. The van der Waals surface area contributed by atoms with E-state index >= 15 is 0 Å². The first-order valence-corrected chi connectivity index (χ1v) is 9.74. The Morgan fingerprint density at radius 2 is 1.52 bits per heavy atom. The molecule has 0 saturated heterocycles. The number of hydrogen-bond acceptors (Lipinski definition) is 2. The smallest absolute Gasteiger partial charge is 0.155 e. The Morgan fingerprint density at radius 3 is 1.87 bits per heavy atom. The highest BCUT2D eigenvalue weighted by molar-refractivity contribution is 5.88. The van der Waals surface area contributed by atoms with E-state index in [0.717, 1.165) is 6.42 Å². The van der Waals surface area contributed by atoms with Crippen LogP contribution >= 0.6 is 0 Å². The van der Waals surface area contributed by atoms with Gasteiger partial charge in [-0.15, -0.1) is 0 Å². The molecule has 1 unspecified atom stereocenters. The lowest BCUT2D eigenvalue weighted by molar-refractivity contribution is -0.129. The van der Waals surface area contributed by atoms with Crippen molar-refractivity contribution in [2.24, 2.45) is 16.7 Å². The second-order valence-electron chi connectivity index (χ2n) is 9.95. The van der Waals surface area contributed by atoms with E-state index in [1.165, 1.54) is 38.5 Å². The maximum absolute atomic E-state index is 12.9. The summed E-state index contributed by atoms with van der Waals surface area (Å²) in [6, 6.07) is -0.00393. The topological polar surface area (TPSA) is 29.1 Å². The van der Waals surface area contributed by atoms with Crippen molar-refractivity contribution in [3.63, 3.8) is 0 Å². The van der Waals surface area contributed by atoms with E-state index in [0.29, 0.717) is 17.1 Å². The van der Waals surface area contributed by atoms with Crippen LogP contribution < -0.4 is 5.32 Å². The number of nitrogens with one attached hydrogen (secondary N) is 1. The molecule has 0 aliphatic heterocycles. The van der Waals surface area contributed by atoms with Gasteiger partial charge in [0.2, 0.25) is 0 Å². The molecule has 0 bridgehead atoms. The summed E-state index contributed by atoms with van der Waals surface area (Å²) < 4.78 is 0. The molecule has 1 atom stereocenters. The lowest BCUT2D eigenvalue weighted by atomic mass is 9.66. The minimum Gasteiger partial charge on any atom is -0.303 e. The van der Waals surface area contributed by atoms with Crippen LogP contribution in [-0.2, 0) is 4.79 Å². The lowest BCUT2D eigenvalue weighted by Crippen LogP contribution is -2.51. The van der Waals surface area contributed by atoms with Gasteiger partial charge in [0.1, 0.15) is 0 Å². The van der Waals surface area contributed by atoms with E-state index in [2.05, 4.69) is 39.9 Å². The summed E-state index contributed by atoms with van der Waals surface area (Å²) in [5.74, 6) is 1.07. The van der Waals surface area contributed by atoms with Crippen LogP contribution in [-0.4, -0.2) is 17.4 Å². The molecule has 2 heteroatoms. The number of rotatable bonds is 6. The minimum absolute atomic E-state index is 0.00393. The van der Waals surface area contributed by atoms with Gasteiger partial charge in [0.05, 0.1) is 6.04 Å². The van der Waals surface area contributed by atoms with Crippen molar-refractivity contribution in [2.75, 3.05) is 0 Å². The van der Waals surface area contributed by atoms with E-state index in [1.807, 2.05) is 20.8 Å². The van der Waals surface area contributed by atoms with E-state index in [1.54, 1.807) is 0 Å². The Labute approximate surface area is 145 Å². The first-order chi connectivity index (χ1) is 10.4. The summed E-state index contributed by atoms with van der Waals surface area (Å²) in [7, 11) is 0. The van der Waals surface area contributed by atoms with E-state index in [4.69, 9.17) is 0 Å². The fourth-order valence-electron chi connectivity index (χ4n) is 4.09. The van der Waals surface area contributed by atoms with E-state index in [9.17, 15) is 4.79 Å². The first-order valence-electron chi connectivity index (χ1n) is 9.74. The fourth-order valence-corrected chi connectivity index (χ4v) is 4.09. The molecule has 0 aromatic heterocycles. The largest absolute Gasteiger partial charge is 0.303 e. The molecule has 1 aliphatic rings. The van der Waals surface area contributed by atoms with Crippen molar-refractivity contribution in [1.82, 2.24) is 5.32 Å². The molecule has 1 rings (SSSR count). The summed E-state index contributed by atoms with van der Waals surface area (Å²) in [5, 5.41) is 3.61.